The second-order valence-corrected chi connectivity index (χ2v) is 5.02. The third kappa shape index (κ3) is 4.98. The topological polar surface area (TPSA) is 19.7 Å². The molecule has 18 heavy (non-hydrogen) atoms. The summed E-state index contributed by atoms with van der Waals surface area (Å²) >= 11 is 5.25. The average molecular weight is 270 g/mol. The van der Waals surface area contributed by atoms with Gasteiger partial charge in [0.2, 0.25) is 0 Å². The van der Waals surface area contributed by atoms with Crippen LogP contribution in [0.25, 0.3) is 0 Å². The molecule has 5 heteroatoms. The molecule has 0 saturated carbocycles. The van der Waals surface area contributed by atoms with Gasteiger partial charge in [0.05, 0.1) is 27.2 Å². The van der Waals surface area contributed by atoms with Gasteiger partial charge in [-0.05, 0) is 18.3 Å². The van der Waals surface area contributed by atoms with E-state index in [0.29, 0.717) is 17.2 Å². The minimum Gasteiger partial charge on any atom is -0.357 e. The largest absolute Gasteiger partial charge is 0.357 e. The van der Waals surface area contributed by atoms with E-state index in [1.54, 1.807) is 12.1 Å². The van der Waals surface area contributed by atoms with E-state index >= 15 is 0 Å². The van der Waals surface area contributed by atoms with Crippen LogP contribution in [-0.2, 0) is 6.54 Å². The average Bonchev–Trinajstić information content (AvgIpc) is 2.31. The molecule has 1 aromatic carbocycles. The number of nitrogens with zero attached hydrogens (tertiary/aromatic N) is 1. The fraction of sp³-hybridized carbons (Fsp3) is 0.462. The van der Waals surface area contributed by atoms with Crippen molar-refractivity contribution in [2.45, 2.75) is 6.54 Å². The van der Waals surface area contributed by atoms with Gasteiger partial charge >= 0.3 is 0 Å². The van der Waals surface area contributed by atoms with E-state index in [0.717, 1.165) is 13.1 Å². The normalized spacial score (nSPS) is 10.5. The van der Waals surface area contributed by atoms with Crippen molar-refractivity contribution in [1.29, 1.82) is 0 Å². The molecule has 0 aliphatic carbocycles. The first kappa shape index (κ1) is 14.9. The fourth-order valence-electron chi connectivity index (χ4n) is 1.51. The molecule has 100 valence electrons. The standard InChI is InChI=1S/C13H20FN3S/c1-16(2)9-8-15-13(18)17(3)10-11-6-4-5-7-12(11)14/h4-7H,8-10H2,1-3H3,(H,15,18)/p+1. The van der Waals surface area contributed by atoms with Crippen molar-refractivity contribution >= 4 is 17.3 Å². The Morgan fingerprint density at radius 3 is 2.67 bits per heavy atom. The van der Waals surface area contributed by atoms with E-state index in [4.69, 9.17) is 12.2 Å². The Morgan fingerprint density at radius 1 is 1.39 bits per heavy atom. The third-order valence-corrected chi connectivity index (χ3v) is 3.07. The van der Waals surface area contributed by atoms with Crippen LogP contribution in [0.5, 0.6) is 0 Å². The highest BCUT2D eigenvalue weighted by Gasteiger charge is 2.08. The number of thiocarbonyl (C=S) groups is 1. The summed E-state index contributed by atoms with van der Waals surface area (Å²) in [6.45, 7) is 2.30. The summed E-state index contributed by atoms with van der Waals surface area (Å²) in [5.74, 6) is -0.190. The highest BCUT2D eigenvalue weighted by molar-refractivity contribution is 7.80. The SMILES string of the molecule is CN(Cc1ccccc1F)C(=S)NCC[NH+](C)C. The molecular weight excluding hydrogens is 249 g/mol. The number of halogens is 1. The number of benzene rings is 1. The summed E-state index contributed by atoms with van der Waals surface area (Å²) in [4.78, 5) is 3.21. The van der Waals surface area contributed by atoms with Crippen LogP contribution < -0.4 is 10.2 Å². The Hall–Kier alpha value is -1.20. The van der Waals surface area contributed by atoms with E-state index < -0.39 is 0 Å². The monoisotopic (exact) mass is 270 g/mol. The molecule has 0 bridgehead atoms. The molecule has 3 nitrogen and oxygen atoms in total. The summed E-state index contributed by atoms with van der Waals surface area (Å²) in [5.41, 5.74) is 0.655. The predicted octanol–water partition coefficient (Wildman–Crippen LogP) is 0.277. The second kappa shape index (κ2) is 7.28. The van der Waals surface area contributed by atoms with Gasteiger partial charge < -0.3 is 15.1 Å². The Kier molecular flexibility index (Phi) is 6.01. The number of nitrogens with one attached hydrogen (secondary N) is 2. The lowest BCUT2D eigenvalue weighted by atomic mass is 10.2. The highest BCUT2D eigenvalue weighted by Crippen LogP contribution is 2.08. The van der Waals surface area contributed by atoms with Crippen molar-refractivity contribution in [1.82, 2.24) is 10.2 Å². The van der Waals surface area contributed by atoms with Crippen molar-refractivity contribution in [3.8, 4) is 0 Å². The number of likely N-dealkylation sites (N-methyl/N-ethyl adjacent to an activating group) is 1. The predicted molar refractivity (Wildman–Crippen MR) is 76.1 cm³/mol. The summed E-state index contributed by atoms with van der Waals surface area (Å²) in [5, 5.41) is 3.82. The van der Waals surface area contributed by atoms with Crippen molar-refractivity contribution in [2.75, 3.05) is 34.2 Å². The zero-order valence-corrected chi connectivity index (χ0v) is 12.0. The molecule has 0 spiro atoms. The van der Waals surface area contributed by atoms with Gasteiger partial charge in [0.15, 0.2) is 5.11 Å². The molecule has 0 unspecified atom stereocenters. The third-order valence-electron chi connectivity index (χ3n) is 2.61. The van der Waals surface area contributed by atoms with E-state index in [2.05, 4.69) is 19.4 Å². The lowest BCUT2D eigenvalue weighted by Crippen LogP contribution is -3.06. The Balaban J connectivity index is 2.43. The molecule has 0 fully saturated rings. The van der Waals surface area contributed by atoms with Gasteiger partial charge in [-0.3, -0.25) is 0 Å². The summed E-state index contributed by atoms with van der Waals surface area (Å²) in [6.07, 6.45) is 0. The maximum atomic E-state index is 13.5. The molecule has 2 N–H and O–H groups in total. The van der Waals surface area contributed by atoms with Gasteiger partial charge in [-0.2, -0.15) is 0 Å². The molecule has 0 aromatic heterocycles. The Bertz CT molecular complexity index is 396. The fourth-order valence-corrected chi connectivity index (χ4v) is 1.67. The molecule has 0 radical (unpaired) electrons. The maximum absolute atomic E-state index is 13.5. The molecule has 0 heterocycles. The first-order valence-electron chi connectivity index (χ1n) is 6.02. The second-order valence-electron chi connectivity index (χ2n) is 4.64. The van der Waals surface area contributed by atoms with Gasteiger partial charge in [-0.1, -0.05) is 18.2 Å². The number of hydrogen-bond acceptors (Lipinski definition) is 1. The first-order valence-corrected chi connectivity index (χ1v) is 6.43. The van der Waals surface area contributed by atoms with E-state index in [9.17, 15) is 4.39 Å². The van der Waals surface area contributed by atoms with E-state index in [1.165, 1.54) is 11.0 Å². The minimum atomic E-state index is -0.190. The van der Waals surface area contributed by atoms with Gasteiger partial charge in [0.1, 0.15) is 5.82 Å². The van der Waals surface area contributed by atoms with Crippen LogP contribution in [0.2, 0.25) is 0 Å². The van der Waals surface area contributed by atoms with Crippen LogP contribution in [0.1, 0.15) is 5.56 Å². The highest BCUT2D eigenvalue weighted by atomic mass is 32.1. The summed E-state index contributed by atoms with van der Waals surface area (Å²) < 4.78 is 13.5. The molecule has 0 atom stereocenters. The van der Waals surface area contributed by atoms with Gasteiger partial charge in [0.25, 0.3) is 0 Å². The van der Waals surface area contributed by atoms with Crippen LogP contribution in [0.4, 0.5) is 4.39 Å². The van der Waals surface area contributed by atoms with E-state index in [-0.39, 0.29) is 5.82 Å². The van der Waals surface area contributed by atoms with Crippen LogP contribution in [0, 0.1) is 5.82 Å². The van der Waals surface area contributed by atoms with Crippen molar-refractivity contribution in [3.63, 3.8) is 0 Å². The maximum Gasteiger partial charge on any atom is 0.169 e. The van der Waals surface area contributed by atoms with Crippen LogP contribution >= 0.6 is 12.2 Å². The molecular formula is C13H21FN3S+. The number of quaternary nitrogens is 1. The molecule has 0 aliphatic heterocycles. The van der Waals surface area contributed by atoms with Crippen LogP contribution in [-0.4, -0.2) is 44.2 Å². The lowest BCUT2D eigenvalue weighted by molar-refractivity contribution is -0.856. The molecule has 1 aromatic rings. The molecule has 0 aliphatic rings. The smallest absolute Gasteiger partial charge is 0.169 e. The number of hydrogen-bond donors (Lipinski definition) is 2. The van der Waals surface area contributed by atoms with Crippen molar-refractivity contribution < 1.29 is 9.29 Å². The quantitative estimate of drug-likeness (QED) is 0.750. The lowest BCUT2D eigenvalue weighted by Gasteiger charge is -2.21. The van der Waals surface area contributed by atoms with E-state index in [1.807, 2.05) is 18.0 Å². The Morgan fingerprint density at radius 2 is 2.06 bits per heavy atom. The van der Waals surface area contributed by atoms with Gasteiger partial charge in [0, 0.05) is 19.2 Å². The van der Waals surface area contributed by atoms with Crippen LogP contribution in [0.3, 0.4) is 0 Å². The molecule has 1 rings (SSSR count). The van der Waals surface area contributed by atoms with Gasteiger partial charge in [-0.15, -0.1) is 0 Å². The zero-order chi connectivity index (χ0) is 13.5. The number of rotatable bonds is 5. The summed E-state index contributed by atoms with van der Waals surface area (Å²) in [6, 6.07) is 6.76. The zero-order valence-electron chi connectivity index (χ0n) is 11.2. The van der Waals surface area contributed by atoms with Crippen molar-refractivity contribution in [3.05, 3.63) is 35.6 Å². The first-order chi connectivity index (χ1) is 8.50. The van der Waals surface area contributed by atoms with Gasteiger partial charge in [-0.25, -0.2) is 4.39 Å². The Labute approximate surface area is 114 Å². The summed E-state index contributed by atoms with van der Waals surface area (Å²) in [7, 11) is 6.05. The molecule has 0 amide bonds. The minimum absolute atomic E-state index is 0.190. The molecule has 0 saturated heterocycles. The van der Waals surface area contributed by atoms with Crippen molar-refractivity contribution in [2.24, 2.45) is 0 Å². The van der Waals surface area contributed by atoms with Crippen LogP contribution in [0.15, 0.2) is 24.3 Å².